The second-order valence-electron chi connectivity index (χ2n) is 5.33. The van der Waals surface area contributed by atoms with Crippen LogP contribution in [-0.4, -0.2) is 37.9 Å². The Labute approximate surface area is 122 Å². The lowest BCUT2D eigenvalue weighted by Gasteiger charge is -2.19. The van der Waals surface area contributed by atoms with Gasteiger partial charge in [-0.2, -0.15) is 0 Å². The van der Waals surface area contributed by atoms with Gasteiger partial charge in [0, 0.05) is 12.4 Å². The minimum Gasteiger partial charge on any atom is -0.475 e. The molecule has 1 N–H and O–H groups in total. The predicted molar refractivity (Wildman–Crippen MR) is 75.0 cm³/mol. The highest BCUT2D eigenvalue weighted by Crippen LogP contribution is 2.14. The standard InChI is InChI=1S/C13H19N5O3/c1-5-20-11-10-17-16-9(18(10)7-6-14-11)8-15-12(19)21-13(2,3)4/h6-7H,5,8H2,1-4H3,(H,15,19). The van der Waals surface area contributed by atoms with E-state index in [1.807, 2.05) is 6.92 Å². The van der Waals surface area contributed by atoms with Crippen molar-refractivity contribution in [1.82, 2.24) is 24.9 Å². The Morgan fingerprint density at radius 1 is 1.38 bits per heavy atom. The zero-order valence-electron chi connectivity index (χ0n) is 12.6. The van der Waals surface area contributed by atoms with Gasteiger partial charge in [-0.05, 0) is 27.7 Å². The van der Waals surface area contributed by atoms with Crippen LogP contribution in [0.25, 0.3) is 5.65 Å². The predicted octanol–water partition coefficient (Wildman–Crippen LogP) is 1.55. The molecule has 114 valence electrons. The molecule has 0 unspecified atom stereocenters. The van der Waals surface area contributed by atoms with Crippen molar-refractivity contribution in [3.8, 4) is 5.88 Å². The highest BCUT2D eigenvalue weighted by Gasteiger charge is 2.17. The van der Waals surface area contributed by atoms with Gasteiger partial charge in [0.15, 0.2) is 5.82 Å². The molecule has 1 amide bonds. The van der Waals surface area contributed by atoms with Gasteiger partial charge in [0.25, 0.3) is 5.88 Å². The van der Waals surface area contributed by atoms with Crippen molar-refractivity contribution < 1.29 is 14.3 Å². The zero-order chi connectivity index (χ0) is 15.5. The number of nitrogens with zero attached hydrogens (tertiary/aromatic N) is 4. The van der Waals surface area contributed by atoms with Crippen molar-refractivity contribution in [3.63, 3.8) is 0 Å². The van der Waals surface area contributed by atoms with Crippen molar-refractivity contribution in [1.29, 1.82) is 0 Å². The van der Waals surface area contributed by atoms with Crippen molar-refractivity contribution in [2.75, 3.05) is 6.61 Å². The summed E-state index contributed by atoms with van der Waals surface area (Å²) < 4.78 is 12.3. The zero-order valence-corrected chi connectivity index (χ0v) is 12.6. The fourth-order valence-electron chi connectivity index (χ4n) is 1.68. The number of fused-ring (bicyclic) bond motifs is 1. The molecular formula is C13H19N5O3. The summed E-state index contributed by atoms with van der Waals surface area (Å²) in [7, 11) is 0. The van der Waals surface area contributed by atoms with Gasteiger partial charge >= 0.3 is 6.09 Å². The van der Waals surface area contributed by atoms with E-state index in [9.17, 15) is 4.79 Å². The molecule has 0 aliphatic carbocycles. The molecule has 2 rings (SSSR count). The lowest BCUT2D eigenvalue weighted by atomic mass is 10.2. The summed E-state index contributed by atoms with van der Waals surface area (Å²) in [5, 5.41) is 10.7. The highest BCUT2D eigenvalue weighted by molar-refractivity contribution is 5.67. The first-order valence-corrected chi connectivity index (χ1v) is 6.69. The molecule has 2 heterocycles. The summed E-state index contributed by atoms with van der Waals surface area (Å²) in [6.45, 7) is 7.97. The van der Waals surface area contributed by atoms with E-state index in [0.29, 0.717) is 24.0 Å². The van der Waals surface area contributed by atoms with E-state index in [-0.39, 0.29) is 6.54 Å². The molecule has 0 aliphatic rings. The maximum atomic E-state index is 11.6. The lowest BCUT2D eigenvalue weighted by Crippen LogP contribution is -2.32. The van der Waals surface area contributed by atoms with E-state index < -0.39 is 11.7 Å². The monoisotopic (exact) mass is 293 g/mol. The Hall–Kier alpha value is -2.38. The van der Waals surface area contributed by atoms with Gasteiger partial charge in [-0.3, -0.25) is 4.40 Å². The number of ether oxygens (including phenoxy) is 2. The molecule has 8 heteroatoms. The minimum absolute atomic E-state index is 0.200. The number of alkyl carbamates (subject to hydrolysis) is 1. The number of carbonyl (C=O) groups excluding carboxylic acids is 1. The SMILES string of the molecule is CCOc1nccn2c(CNC(=O)OC(C)(C)C)nnc12. The van der Waals surface area contributed by atoms with Gasteiger partial charge < -0.3 is 14.8 Å². The van der Waals surface area contributed by atoms with Gasteiger partial charge in [0.05, 0.1) is 13.2 Å². The number of hydrogen-bond acceptors (Lipinski definition) is 6. The molecule has 0 saturated carbocycles. The van der Waals surface area contributed by atoms with Crippen molar-refractivity contribution in [3.05, 3.63) is 18.2 Å². The molecule has 0 aliphatic heterocycles. The largest absolute Gasteiger partial charge is 0.475 e. The molecule has 0 radical (unpaired) electrons. The van der Waals surface area contributed by atoms with E-state index in [4.69, 9.17) is 9.47 Å². The van der Waals surface area contributed by atoms with Crippen molar-refractivity contribution >= 4 is 11.7 Å². The molecular weight excluding hydrogens is 274 g/mol. The minimum atomic E-state index is -0.539. The molecule has 0 bridgehead atoms. The van der Waals surface area contributed by atoms with Crippen LogP contribution in [0, 0.1) is 0 Å². The highest BCUT2D eigenvalue weighted by atomic mass is 16.6. The first-order valence-electron chi connectivity index (χ1n) is 6.69. The quantitative estimate of drug-likeness (QED) is 0.919. The van der Waals surface area contributed by atoms with Crippen LogP contribution in [0.1, 0.15) is 33.5 Å². The Balaban J connectivity index is 2.10. The third-order valence-electron chi connectivity index (χ3n) is 2.44. The third-order valence-corrected chi connectivity index (χ3v) is 2.44. The third kappa shape index (κ3) is 3.80. The van der Waals surface area contributed by atoms with E-state index in [0.717, 1.165) is 0 Å². The molecule has 2 aromatic rings. The van der Waals surface area contributed by atoms with E-state index >= 15 is 0 Å². The lowest BCUT2D eigenvalue weighted by molar-refractivity contribution is 0.0522. The van der Waals surface area contributed by atoms with Crippen molar-refractivity contribution in [2.45, 2.75) is 39.8 Å². The van der Waals surface area contributed by atoms with Gasteiger partial charge in [-0.15, -0.1) is 10.2 Å². The molecule has 0 spiro atoms. The number of nitrogens with one attached hydrogen (secondary N) is 1. The van der Waals surface area contributed by atoms with Crippen LogP contribution < -0.4 is 10.1 Å². The Kier molecular flexibility index (Phi) is 4.25. The molecule has 0 fully saturated rings. The summed E-state index contributed by atoms with van der Waals surface area (Å²) in [4.78, 5) is 15.7. The van der Waals surface area contributed by atoms with Crippen LogP contribution >= 0.6 is 0 Å². The summed E-state index contributed by atoms with van der Waals surface area (Å²) in [6.07, 6.45) is 2.81. The number of hydrogen-bond donors (Lipinski definition) is 1. The van der Waals surface area contributed by atoms with E-state index in [1.54, 1.807) is 37.6 Å². The van der Waals surface area contributed by atoms with Crippen LogP contribution in [0.3, 0.4) is 0 Å². The topological polar surface area (TPSA) is 90.6 Å². The first-order chi connectivity index (χ1) is 9.90. The first kappa shape index (κ1) is 15.0. The van der Waals surface area contributed by atoms with Crippen LogP contribution in [0.4, 0.5) is 4.79 Å². The van der Waals surface area contributed by atoms with Crippen LogP contribution in [-0.2, 0) is 11.3 Å². The second kappa shape index (κ2) is 5.94. The average molecular weight is 293 g/mol. The van der Waals surface area contributed by atoms with Gasteiger partial charge in [0.1, 0.15) is 5.60 Å². The summed E-state index contributed by atoms with van der Waals surface area (Å²) in [6, 6.07) is 0. The smallest absolute Gasteiger partial charge is 0.408 e. The number of rotatable bonds is 4. The van der Waals surface area contributed by atoms with Crippen LogP contribution in [0.15, 0.2) is 12.4 Å². The number of aromatic nitrogens is 4. The molecule has 2 aromatic heterocycles. The summed E-state index contributed by atoms with van der Waals surface area (Å²) in [5.41, 5.74) is -0.0244. The molecule has 0 atom stereocenters. The maximum absolute atomic E-state index is 11.6. The van der Waals surface area contributed by atoms with Gasteiger partial charge in [-0.1, -0.05) is 0 Å². The summed E-state index contributed by atoms with van der Waals surface area (Å²) >= 11 is 0. The van der Waals surface area contributed by atoms with Crippen LogP contribution in [0.2, 0.25) is 0 Å². The average Bonchev–Trinajstić information content (AvgIpc) is 2.79. The van der Waals surface area contributed by atoms with Crippen LogP contribution in [0.5, 0.6) is 5.88 Å². The normalized spacial score (nSPS) is 11.4. The Morgan fingerprint density at radius 3 is 2.81 bits per heavy atom. The second-order valence-corrected chi connectivity index (χ2v) is 5.33. The molecule has 0 aromatic carbocycles. The Morgan fingerprint density at radius 2 is 2.14 bits per heavy atom. The maximum Gasteiger partial charge on any atom is 0.408 e. The molecule has 8 nitrogen and oxygen atoms in total. The van der Waals surface area contributed by atoms with E-state index in [1.165, 1.54) is 0 Å². The number of carbonyl (C=O) groups is 1. The fourth-order valence-corrected chi connectivity index (χ4v) is 1.68. The molecule has 21 heavy (non-hydrogen) atoms. The summed E-state index contributed by atoms with van der Waals surface area (Å²) in [5.74, 6) is 0.982. The number of amides is 1. The van der Waals surface area contributed by atoms with Crippen molar-refractivity contribution in [2.24, 2.45) is 0 Å². The van der Waals surface area contributed by atoms with E-state index in [2.05, 4.69) is 20.5 Å². The van der Waals surface area contributed by atoms with Gasteiger partial charge in [0.2, 0.25) is 5.65 Å². The van der Waals surface area contributed by atoms with Gasteiger partial charge in [-0.25, -0.2) is 9.78 Å². The fraction of sp³-hybridized carbons (Fsp3) is 0.538. The molecule has 0 saturated heterocycles. The Bertz CT molecular complexity index is 632.